The Hall–Kier alpha value is -2.37. The van der Waals surface area contributed by atoms with Crippen LogP contribution in [0.4, 0.5) is 5.69 Å². The number of fused-ring (bicyclic) bond motifs is 1. The lowest BCUT2D eigenvalue weighted by molar-refractivity contribution is -0.114. The Balaban J connectivity index is 1.80. The summed E-state index contributed by atoms with van der Waals surface area (Å²) in [5.41, 5.74) is 0.636. The summed E-state index contributed by atoms with van der Waals surface area (Å²) in [6, 6.07) is 14.1. The van der Waals surface area contributed by atoms with Crippen molar-refractivity contribution in [2.75, 3.05) is 5.32 Å². The first-order valence-electron chi connectivity index (χ1n) is 6.81. The van der Waals surface area contributed by atoms with Gasteiger partial charge in [-0.1, -0.05) is 29.8 Å². The number of ether oxygens (including phenoxy) is 1. The number of hydrogen-bond donors (Lipinski definition) is 1. The Morgan fingerprint density at radius 3 is 2.43 bits per heavy atom. The van der Waals surface area contributed by atoms with Crippen molar-refractivity contribution in [3.05, 3.63) is 58.4 Å². The maximum atomic E-state index is 12.3. The lowest BCUT2D eigenvalue weighted by Gasteiger charge is -2.05. The van der Waals surface area contributed by atoms with Gasteiger partial charge in [-0.3, -0.25) is 4.79 Å². The molecule has 0 spiro atoms. The van der Waals surface area contributed by atoms with Gasteiger partial charge in [0, 0.05) is 22.7 Å². The molecule has 1 aromatic heterocycles. The van der Waals surface area contributed by atoms with Crippen molar-refractivity contribution in [3.8, 4) is 5.75 Å². The fraction of sp³-hybridized carbons (Fsp3) is 0.0588. The minimum Gasteiger partial charge on any atom is -0.422 e. The maximum Gasteiger partial charge on any atom is 0.355 e. The van der Waals surface area contributed by atoms with Crippen molar-refractivity contribution in [2.45, 2.75) is 6.92 Å². The number of thiophene rings is 1. The van der Waals surface area contributed by atoms with Gasteiger partial charge in [0.05, 0.1) is 5.02 Å². The van der Waals surface area contributed by atoms with Crippen molar-refractivity contribution in [1.29, 1.82) is 0 Å². The number of rotatable bonds is 3. The predicted molar refractivity (Wildman–Crippen MR) is 92.5 cm³/mol. The van der Waals surface area contributed by atoms with Gasteiger partial charge in [0.25, 0.3) is 0 Å². The number of halogens is 1. The molecule has 116 valence electrons. The van der Waals surface area contributed by atoms with Crippen LogP contribution in [-0.4, -0.2) is 11.9 Å². The summed E-state index contributed by atoms with van der Waals surface area (Å²) in [4.78, 5) is 23.6. The molecular weight excluding hydrogens is 334 g/mol. The van der Waals surface area contributed by atoms with E-state index in [1.54, 1.807) is 24.3 Å². The molecule has 0 bridgehead atoms. The van der Waals surface area contributed by atoms with Crippen LogP contribution in [0.25, 0.3) is 10.1 Å². The predicted octanol–water partition coefficient (Wildman–Crippen LogP) is 4.73. The molecule has 4 nitrogen and oxygen atoms in total. The van der Waals surface area contributed by atoms with Gasteiger partial charge in [0.1, 0.15) is 10.6 Å². The van der Waals surface area contributed by atoms with Crippen LogP contribution >= 0.6 is 22.9 Å². The summed E-state index contributed by atoms with van der Waals surface area (Å²) in [6.07, 6.45) is 0. The van der Waals surface area contributed by atoms with Gasteiger partial charge >= 0.3 is 5.97 Å². The molecule has 0 saturated carbocycles. The van der Waals surface area contributed by atoms with Gasteiger partial charge in [-0.25, -0.2) is 4.79 Å². The summed E-state index contributed by atoms with van der Waals surface area (Å²) in [7, 11) is 0. The van der Waals surface area contributed by atoms with Crippen LogP contribution in [0.1, 0.15) is 16.6 Å². The second-order valence-electron chi connectivity index (χ2n) is 4.84. The van der Waals surface area contributed by atoms with E-state index in [-0.39, 0.29) is 5.91 Å². The van der Waals surface area contributed by atoms with E-state index in [4.69, 9.17) is 16.3 Å². The number of nitrogens with one attached hydrogen (secondary N) is 1. The number of carbonyl (C=O) groups is 2. The van der Waals surface area contributed by atoms with Gasteiger partial charge in [-0.15, -0.1) is 11.3 Å². The van der Waals surface area contributed by atoms with Crippen molar-refractivity contribution >= 4 is 50.6 Å². The molecule has 0 radical (unpaired) electrons. The molecule has 0 atom stereocenters. The molecule has 3 rings (SSSR count). The summed E-state index contributed by atoms with van der Waals surface area (Å²) in [5, 5.41) is 3.89. The molecule has 1 amide bonds. The Morgan fingerprint density at radius 2 is 1.78 bits per heavy atom. The third-order valence-corrected chi connectivity index (χ3v) is 4.76. The van der Waals surface area contributed by atoms with E-state index in [9.17, 15) is 9.59 Å². The fourth-order valence-corrected chi connectivity index (χ4v) is 3.49. The van der Waals surface area contributed by atoms with Gasteiger partial charge in [0.15, 0.2) is 0 Å². The molecule has 1 heterocycles. The minimum absolute atomic E-state index is 0.160. The normalized spacial score (nSPS) is 10.5. The number of hydrogen-bond acceptors (Lipinski definition) is 4. The molecule has 0 unspecified atom stereocenters. The number of carbonyl (C=O) groups excluding carboxylic acids is 2. The summed E-state index contributed by atoms with van der Waals surface area (Å²) in [6.45, 7) is 1.43. The van der Waals surface area contributed by atoms with Crippen LogP contribution in [0.5, 0.6) is 5.75 Å². The van der Waals surface area contributed by atoms with E-state index in [1.807, 2.05) is 24.3 Å². The maximum absolute atomic E-state index is 12.3. The number of esters is 1. The Kier molecular flexibility index (Phi) is 4.32. The van der Waals surface area contributed by atoms with E-state index in [1.165, 1.54) is 18.3 Å². The third-order valence-electron chi connectivity index (χ3n) is 3.11. The highest BCUT2D eigenvalue weighted by Gasteiger charge is 2.18. The van der Waals surface area contributed by atoms with Crippen LogP contribution in [0.3, 0.4) is 0 Å². The quantitative estimate of drug-likeness (QED) is 0.551. The van der Waals surface area contributed by atoms with E-state index in [2.05, 4.69) is 5.32 Å². The summed E-state index contributed by atoms with van der Waals surface area (Å²) < 4.78 is 6.28. The van der Waals surface area contributed by atoms with Crippen LogP contribution in [0.15, 0.2) is 48.5 Å². The monoisotopic (exact) mass is 345 g/mol. The molecule has 6 heteroatoms. The lowest BCUT2D eigenvalue weighted by atomic mass is 10.2. The molecule has 0 aliphatic rings. The van der Waals surface area contributed by atoms with Crippen molar-refractivity contribution in [1.82, 2.24) is 0 Å². The lowest BCUT2D eigenvalue weighted by Crippen LogP contribution is -2.08. The molecule has 0 fully saturated rings. The molecule has 2 aromatic carbocycles. The molecule has 0 saturated heterocycles. The van der Waals surface area contributed by atoms with E-state index in [0.717, 1.165) is 10.1 Å². The molecule has 23 heavy (non-hydrogen) atoms. The van der Waals surface area contributed by atoms with Crippen LogP contribution < -0.4 is 10.1 Å². The Labute approximate surface area is 141 Å². The molecule has 3 aromatic rings. The highest BCUT2D eigenvalue weighted by atomic mass is 35.5. The average molecular weight is 346 g/mol. The van der Waals surface area contributed by atoms with Crippen LogP contribution in [0, 0.1) is 0 Å². The Bertz CT molecular complexity index is 886. The molecular formula is C17H12ClNO3S. The molecule has 1 N–H and O–H groups in total. The molecule has 0 aliphatic carbocycles. The average Bonchev–Trinajstić information content (AvgIpc) is 2.86. The summed E-state index contributed by atoms with van der Waals surface area (Å²) in [5.74, 6) is -0.270. The fourth-order valence-electron chi connectivity index (χ4n) is 2.11. The topological polar surface area (TPSA) is 55.4 Å². The zero-order valence-electron chi connectivity index (χ0n) is 12.1. The van der Waals surface area contributed by atoms with Gasteiger partial charge in [-0.2, -0.15) is 0 Å². The van der Waals surface area contributed by atoms with Crippen molar-refractivity contribution in [2.24, 2.45) is 0 Å². The highest BCUT2D eigenvalue weighted by Crippen LogP contribution is 2.35. The highest BCUT2D eigenvalue weighted by molar-refractivity contribution is 7.21. The van der Waals surface area contributed by atoms with E-state index in [0.29, 0.717) is 21.3 Å². The van der Waals surface area contributed by atoms with Crippen LogP contribution in [-0.2, 0) is 4.79 Å². The zero-order chi connectivity index (χ0) is 16.4. The van der Waals surface area contributed by atoms with E-state index < -0.39 is 5.97 Å². The minimum atomic E-state index is -0.497. The Morgan fingerprint density at radius 1 is 1.09 bits per heavy atom. The second-order valence-corrected chi connectivity index (χ2v) is 6.27. The number of anilines is 1. The third kappa shape index (κ3) is 3.36. The zero-order valence-corrected chi connectivity index (χ0v) is 13.7. The second kappa shape index (κ2) is 6.40. The summed E-state index contributed by atoms with van der Waals surface area (Å²) >= 11 is 7.56. The first-order chi connectivity index (χ1) is 11.0. The van der Waals surface area contributed by atoms with E-state index >= 15 is 0 Å². The number of amides is 1. The SMILES string of the molecule is CC(=O)Nc1ccc(OC(=O)c2sc3ccccc3c2Cl)cc1. The largest absolute Gasteiger partial charge is 0.422 e. The number of benzene rings is 2. The first-order valence-corrected chi connectivity index (χ1v) is 8.01. The first kappa shape index (κ1) is 15.5. The standard InChI is InChI=1S/C17H12ClNO3S/c1-10(20)19-11-6-8-12(9-7-11)22-17(21)16-15(18)13-4-2-3-5-14(13)23-16/h2-9H,1H3,(H,19,20). The van der Waals surface area contributed by atoms with Crippen LogP contribution in [0.2, 0.25) is 5.02 Å². The smallest absolute Gasteiger partial charge is 0.355 e. The molecule has 0 aliphatic heterocycles. The van der Waals surface area contributed by atoms with Crippen molar-refractivity contribution in [3.63, 3.8) is 0 Å². The van der Waals surface area contributed by atoms with Gasteiger partial charge < -0.3 is 10.1 Å². The van der Waals surface area contributed by atoms with Gasteiger partial charge in [-0.05, 0) is 30.3 Å². The van der Waals surface area contributed by atoms with Gasteiger partial charge in [0.2, 0.25) is 5.91 Å². The van der Waals surface area contributed by atoms with Crippen molar-refractivity contribution < 1.29 is 14.3 Å².